The van der Waals surface area contributed by atoms with E-state index >= 15 is 0 Å². The Labute approximate surface area is 61.6 Å². The van der Waals surface area contributed by atoms with E-state index < -0.39 is 0 Å². The second-order valence-corrected chi connectivity index (χ2v) is 2.24. The molecule has 0 spiro atoms. The molecule has 0 bridgehead atoms. The summed E-state index contributed by atoms with van der Waals surface area (Å²) in [5.41, 5.74) is 1.23. The Morgan fingerprint density at radius 1 is 1.40 bits per heavy atom. The van der Waals surface area contributed by atoms with Gasteiger partial charge in [0, 0.05) is 18.2 Å². The molecule has 52 valence electrons. The van der Waals surface area contributed by atoms with Gasteiger partial charge in [-0.05, 0) is 13.0 Å². The van der Waals surface area contributed by atoms with Crippen molar-refractivity contribution in [3.8, 4) is 0 Å². The summed E-state index contributed by atoms with van der Waals surface area (Å²) in [6.45, 7) is 2.02. The first-order valence-electron chi connectivity index (χ1n) is 3.42. The van der Waals surface area contributed by atoms with Gasteiger partial charge in [0.25, 0.3) is 0 Å². The van der Waals surface area contributed by atoms with Gasteiger partial charge in [0.05, 0.1) is 0 Å². The molecule has 1 aromatic heterocycles. The molecule has 1 heteroatoms. The van der Waals surface area contributed by atoms with Crippen LogP contribution in [0.2, 0.25) is 0 Å². The molecule has 10 heavy (non-hydrogen) atoms. The molecule has 1 aromatic rings. The Morgan fingerprint density at radius 3 is 2.80 bits per heavy atom. The summed E-state index contributed by atoms with van der Waals surface area (Å²) in [6, 6.07) is 6.14. The average molecular weight is 134 g/mol. The summed E-state index contributed by atoms with van der Waals surface area (Å²) in [5, 5.41) is 0. The van der Waals surface area contributed by atoms with Crippen molar-refractivity contribution in [3.05, 3.63) is 36.2 Å². The first-order chi connectivity index (χ1) is 4.84. The van der Waals surface area contributed by atoms with Gasteiger partial charge in [0.1, 0.15) is 7.05 Å². The van der Waals surface area contributed by atoms with Gasteiger partial charge in [-0.3, -0.25) is 0 Å². The van der Waals surface area contributed by atoms with E-state index in [9.17, 15) is 0 Å². The number of aromatic nitrogens is 1. The molecule has 0 saturated carbocycles. The fraction of sp³-hybridized carbons (Fsp3) is 0.222. The van der Waals surface area contributed by atoms with E-state index in [0.717, 1.165) is 0 Å². The first-order valence-corrected chi connectivity index (χ1v) is 3.42. The molecular weight excluding hydrogens is 122 g/mol. The van der Waals surface area contributed by atoms with Gasteiger partial charge in [0.2, 0.25) is 5.69 Å². The summed E-state index contributed by atoms with van der Waals surface area (Å²) < 4.78 is 2.08. The average Bonchev–Trinajstić information content (AvgIpc) is 1.94. The van der Waals surface area contributed by atoms with Crippen LogP contribution in [-0.2, 0) is 7.05 Å². The van der Waals surface area contributed by atoms with Crippen LogP contribution < -0.4 is 4.57 Å². The summed E-state index contributed by atoms with van der Waals surface area (Å²) in [5.74, 6) is 0. The molecule has 0 radical (unpaired) electrons. The zero-order valence-corrected chi connectivity index (χ0v) is 6.41. The summed E-state index contributed by atoms with van der Waals surface area (Å²) >= 11 is 0. The lowest BCUT2D eigenvalue weighted by Gasteiger charge is -1.89. The number of nitrogens with zero attached hydrogens (tertiary/aromatic N) is 1. The van der Waals surface area contributed by atoms with Gasteiger partial charge >= 0.3 is 0 Å². The van der Waals surface area contributed by atoms with Crippen LogP contribution >= 0.6 is 0 Å². The standard InChI is InChI=1S/C9H12N/c1-3-6-9-7-4-5-8-10(9)2/h3-8H,1-2H3/q+1. The number of allylic oxidation sites excluding steroid dienone is 1. The lowest BCUT2D eigenvalue weighted by molar-refractivity contribution is -0.673. The minimum absolute atomic E-state index is 1.23. The zero-order valence-electron chi connectivity index (χ0n) is 6.41. The molecule has 0 fully saturated rings. The smallest absolute Gasteiger partial charge is 0.202 e. The van der Waals surface area contributed by atoms with E-state index in [-0.39, 0.29) is 0 Å². The maximum Gasteiger partial charge on any atom is 0.204 e. The molecule has 0 aliphatic carbocycles. The minimum Gasteiger partial charge on any atom is -0.202 e. The molecule has 1 nitrogen and oxygen atoms in total. The van der Waals surface area contributed by atoms with E-state index in [0.29, 0.717) is 0 Å². The van der Waals surface area contributed by atoms with E-state index in [1.807, 2.05) is 38.4 Å². The van der Waals surface area contributed by atoms with Gasteiger partial charge < -0.3 is 0 Å². The Morgan fingerprint density at radius 2 is 2.20 bits per heavy atom. The van der Waals surface area contributed by atoms with Crippen LogP contribution in [0.15, 0.2) is 30.5 Å². The second-order valence-electron chi connectivity index (χ2n) is 2.24. The van der Waals surface area contributed by atoms with Gasteiger partial charge in [-0.15, -0.1) is 0 Å². The normalized spacial score (nSPS) is 10.6. The van der Waals surface area contributed by atoms with Crippen LogP contribution in [0.5, 0.6) is 0 Å². The zero-order chi connectivity index (χ0) is 7.40. The van der Waals surface area contributed by atoms with Crippen LogP contribution in [0.25, 0.3) is 6.08 Å². The summed E-state index contributed by atoms with van der Waals surface area (Å²) in [6.07, 6.45) is 6.16. The van der Waals surface area contributed by atoms with Crippen LogP contribution in [0.1, 0.15) is 12.6 Å². The van der Waals surface area contributed by atoms with E-state index in [1.165, 1.54) is 5.69 Å². The molecule has 0 N–H and O–H groups in total. The SMILES string of the molecule is CC=Cc1cccc[n+]1C. The van der Waals surface area contributed by atoms with Crippen molar-refractivity contribution in [2.45, 2.75) is 6.92 Å². The van der Waals surface area contributed by atoms with Crippen molar-refractivity contribution in [2.75, 3.05) is 0 Å². The quantitative estimate of drug-likeness (QED) is 0.513. The topological polar surface area (TPSA) is 3.88 Å². The maximum absolute atomic E-state index is 2.08. The largest absolute Gasteiger partial charge is 0.204 e. The molecule has 0 atom stereocenters. The number of rotatable bonds is 1. The molecule has 1 heterocycles. The highest BCUT2D eigenvalue weighted by Gasteiger charge is 1.95. The van der Waals surface area contributed by atoms with Crippen molar-refractivity contribution in [1.82, 2.24) is 0 Å². The summed E-state index contributed by atoms with van der Waals surface area (Å²) in [7, 11) is 2.04. The highest BCUT2D eigenvalue weighted by atomic mass is 14.9. The highest BCUT2D eigenvalue weighted by Crippen LogP contribution is 1.92. The first kappa shape index (κ1) is 7.00. The molecule has 0 amide bonds. The van der Waals surface area contributed by atoms with Crippen LogP contribution in [0.4, 0.5) is 0 Å². The minimum atomic E-state index is 1.23. The molecule has 1 rings (SSSR count). The third kappa shape index (κ3) is 1.44. The molecule has 0 unspecified atom stereocenters. The maximum atomic E-state index is 2.08. The molecule has 0 aliphatic heterocycles. The van der Waals surface area contributed by atoms with Crippen molar-refractivity contribution >= 4 is 6.08 Å². The van der Waals surface area contributed by atoms with Crippen LogP contribution in [0, 0.1) is 0 Å². The third-order valence-electron chi connectivity index (χ3n) is 1.43. The van der Waals surface area contributed by atoms with Crippen molar-refractivity contribution < 1.29 is 4.57 Å². The number of hydrogen-bond donors (Lipinski definition) is 0. The third-order valence-corrected chi connectivity index (χ3v) is 1.43. The highest BCUT2D eigenvalue weighted by molar-refractivity contribution is 5.39. The van der Waals surface area contributed by atoms with Gasteiger partial charge in [-0.1, -0.05) is 6.08 Å². The molecule has 0 aliphatic rings. The van der Waals surface area contributed by atoms with Gasteiger partial charge in [-0.25, -0.2) is 4.57 Å². The van der Waals surface area contributed by atoms with Gasteiger partial charge in [0.15, 0.2) is 6.20 Å². The Bertz CT molecular complexity index is 238. The predicted molar refractivity (Wildman–Crippen MR) is 42.3 cm³/mol. The van der Waals surface area contributed by atoms with Crippen LogP contribution in [-0.4, -0.2) is 0 Å². The lowest BCUT2D eigenvalue weighted by Crippen LogP contribution is -2.30. The Kier molecular flexibility index (Phi) is 2.21. The van der Waals surface area contributed by atoms with Crippen LogP contribution in [0.3, 0.4) is 0 Å². The summed E-state index contributed by atoms with van der Waals surface area (Å²) in [4.78, 5) is 0. The van der Waals surface area contributed by atoms with Crippen molar-refractivity contribution in [2.24, 2.45) is 7.05 Å². The lowest BCUT2D eigenvalue weighted by atomic mass is 10.3. The fourth-order valence-corrected chi connectivity index (χ4v) is 0.880. The number of hydrogen-bond acceptors (Lipinski definition) is 0. The van der Waals surface area contributed by atoms with Crippen molar-refractivity contribution in [1.29, 1.82) is 0 Å². The van der Waals surface area contributed by atoms with Gasteiger partial charge in [-0.2, -0.15) is 0 Å². The Balaban J connectivity index is 3.03. The monoisotopic (exact) mass is 134 g/mol. The second kappa shape index (κ2) is 3.16. The number of pyridine rings is 1. The molecule has 0 aromatic carbocycles. The fourth-order valence-electron chi connectivity index (χ4n) is 0.880. The molecule has 0 saturated heterocycles. The van der Waals surface area contributed by atoms with Crippen molar-refractivity contribution in [3.63, 3.8) is 0 Å². The van der Waals surface area contributed by atoms with E-state index in [2.05, 4.69) is 16.7 Å². The molecular formula is C9H12N+. The number of aryl methyl sites for hydroxylation is 1. The predicted octanol–water partition coefficient (Wildman–Crippen LogP) is 1.54. The van der Waals surface area contributed by atoms with E-state index in [1.54, 1.807) is 0 Å². The Hall–Kier alpha value is -1.11. The van der Waals surface area contributed by atoms with E-state index in [4.69, 9.17) is 0 Å².